The molecule has 0 fully saturated rings. The molecule has 0 aliphatic carbocycles. The van der Waals surface area contributed by atoms with Gasteiger partial charge in [-0.15, -0.1) is 0 Å². The number of methoxy groups -OCH3 is 1. The van der Waals surface area contributed by atoms with Crippen molar-refractivity contribution in [3.05, 3.63) is 29.8 Å². The third-order valence-corrected chi connectivity index (χ3v) is 4.11. The van der Waals surface area contributed by atoms with E-state index >= 15 is 0 Å². The average molecular weight is 391 g/mol. The number of amides is 3. The number of nitrogens with one attached hydrogen (secondary N) is 3. The Balaban J connectivity index is 2.26. The first-order valence-electron chi connectivity index (χ1n) is 9.41. The molecule has 1 aromatic rings. The molecule has 1 rings (SSSR count). The maximum Gasteiger partial charge on any atom is 0.305 e. The molecule has 0 aliphatic rings. The molecule has 0 radical (unpaired) electrons. The largest absolute Gasteiger partial charge is 0.469 e. The van der Waals surface area contributed by atoms with Gasteiger partial charge in [0.05, 0.1) is 7.11 Å². The molecule has 154 valence electrons. The zero-order valence-electron chi connectivity index (χ0n) is 16.5. The normalized spacial score (nSPS) is 10.1. The van der Waals surface area contributed by atoms with Crippen molar-refractivity contribution in [2.75, 3.05) is 26.0 Å². The van der Waals surface area contributed by atoms with Crippen LogP contribution in [0.2, 0.25) is 0 Å². The molecule has 3 N–H and O–H groups in total. The summed E-state index contributed by atoms with van der Waals surface area (Å²) < 4.78 is 4.57. The van der Waals surface area contributed by atoms with Gasteiger partial charge in [-0.3, -0.25) is 19.2 Å². The van der Waals surface area contributed by atoms with Crippen LogP contribution in [-0.4, -0.2) is 44.4 Å². The van der Waals surface area contributed by atoms with E-state index in [4.69, 9.17) is 0 Å². The molecule has 1 aromatic carbocycles. The number of unbranched alkanes of at least 4 members (excludes halogenated alkanes) is 3. The highest BCUT2D eigenvalue weighted by Crippen LogP contribution is 2.12. The summed E-state index contributed by atoms with van der Waals surface area (Å²) in [6, 6.07) is 6.58. The van der Waals surface area contributed by atoms with E-state index in [0.29, 0.717) is 24.1 Å². The molecule has 28 heavy (non-hydrogen) atoms. The summed E-state index contributed by atoms with van der Waals surface area (Å²) in [4.78, 5) is 46.0. The summed E-state index contributed by atoms with van der Waals surface area (Å²) in [5.41, 5.74) is 1.08. The summed E-state index contributed by atoms with van der Waals surface area (Å²) in [5.74, 6) is -0.701. The quantitative estimate of drug-likeness (QED) is 0.373. The molecule has 8 heteroatoms. The van der Waals surface area contributed by atoms with Crippen molar-refractivity contribution >= 4 is 29.4 Å². The Hall–Kier alpha value is -2.90. The SMILES string of the molecule is CNC(=O)CCNC(=O)c1ccc(NC(=O)CCCCCCC(=O)OC)cc1. The maximum absolute atomic E-state index is 12.0. The zero-order valence-corrected chi connectivity index (χ0v) is 16.5. The van der Waals surface area contributed by atoms with Crippen molar-refractivity contribution in [2.24, 2.45) is 0 Å². The minimum absolute atomic E-state index is 0.0873. The van der Waals surface area contributed by atoms with Gasteiger partial charge in [-0.05, 0) is 37.1 Å². The Bertz CT molecular complexity index is 658. The number of carbonyl (C=O) groups is 4. The summed E-state index contributed by atoms with van der Waals surface area (Å²) in [6.45, 7) is 0.261. The fraction of sp³-hybridized carbons (Fsp3) is 0.500. The molecule has 0 aliphatic heterocycles. The van der Waals surface area contributed by atoms with Gasteiger partial charge in [0.25, 0.3) is 5.91 Å². The Labute approximate surface area is 165 Å². The van der Waals surface area contributed by atoms with Crippen LogP contribution in [0.3, 0.4) is 0 Å². The molecule has 0 saturated heterocycles. The van der Waals surface area contributed by atoms with Gasteiger partial charge in [0, 0.05) is 44.1 Å². The van der Waals surface area contributed by atoms with E-state index in [2.05, 4.69) is 20.7 Å². The predicted molar refractivity (Wildman–Crippen MR) is 106 cm³/mol. The molecule has 0 unspecified atom stereocenters. The molecule has 0 heterocycles. The Morgan fingerprint density at radius 1 is 0.857 bits per heavy atom. The fourth-order valence-electron chi connectivity index (χ4n) is 2.46. The second-order valence-electron chi connectivity index (χ2n) is 6.29. The van der Waals surface area contributed by atoms with Crippen molar-refractivity contribution in [1.29, 1.82) is 0 Å². The smallest absolute Gasteiger partial charge is 0.305 e. The van der Waals surface area contributed by atoms with Crippen LogP contribution in [0.1, 0.15) is 55.3 Å². The fourth-order valence-corrected chi connectivity index (χ4v) is 2.46. The Kier molecular flexibility index (Phi) is 11.0. The number of rotatable bonds is 12. The first-order chi connectivity index (χ1) is 13.5. The van der Waals surface area contributed by atoms with Crippen molar-refractivity contribution < 1.29 is 23.9 Å². The molecule has 0 bridgehead atoms. The van der Waals surface area contributed by atoms with Gasteiger partial charge < -0.3 is 20.7 Å². The van der Waals surface area contributed by atoms with Gasteiger partial charge in [0.2, 0.25) is 11.8 Å². The topological polar surface area (TPSA) is 114 Å². The van der Waals surface area contributed by atoms with Crippen LogP contribution >= 0.6 is 0 Å². The summed E-state index contributed by atoms with van der Waals surface area (Å²) in [5, 5.41) is 7.94. The molecular weight excluding hydrogens is 362 g/mol. The number of anilines is 1. The van der Waals surface area contributed by atoms with Gasteiger partial charge in [0.1, 0.15) is 0 Å². The second-order valence-corrected chi connectivity index (χ2v) is 6.29. The summed E-state index contributed by atoms with van der Waals surface area (Å²) >= 11 is 0. The van der Waals surface area contributed by atoms with Crippen LogP contribution in [0.4, 0.5) is 5.69 Å². The van der Waals surface area contributed by atoms with Gasteiger partial charge >= 0.3 is 5.97 Å². The minimum Gasteiger partial charge on any atom is -0.469 e. The van der Waals surface area contributed by atoms with Crippen LogP contribution in [0.15, 0.2) is 24.3 Å². The number of carbonyl (C=O) groups excluding carboxylic acids is 4. The maximum atomic E-state index is 12.0. The number of esters is 1. The van der Waals surface area contributed by atoms with Crippen molar-refractivity contribution in [3.8, 4) is 0 Å². The van der Waals surface area contributed by atoms with Crippen molar-refractivity contribution in [3.63, 3.8) is 0 Å². The molecule has 0 spiro atoms. The number of ether oxygens (including phenoxy) is 1. The van der Waals surface area contributed by atoms with Crippen LogP contribution in [-0.2, 0) is 19.1 Å². The predicted octanol–water partition coefficient (Wildman–Crippen LogP) is 2.00. The highest BCUT2D eigenvalue weighted by molar-refractivity contribution is 5.96. The second kappa shape index (κ2) is 13.3. The van der Waals surface area contributed by atoms with Crippen LogP contribution in [0.5, 0.6) is 0 Å². The van der Waals surface area contributed by atoms with E-state index in [-0.39, 0.29) is 36.7 Å². The zero-order chi connectivity index (χ0) is 20.8. The monoisotopic (exact) mass is 391 g/mol. The lowest BCUT2D eigenvalue weighted by molar-refractivity contribution is -0.140. The van der Waals surface area contributed by atoms with Crippen molar-refractivity contribution in [1.82, 2.24) is 10.6 Å². The van der Waals surface area contributed by atoms with Gasteiger partial charge in [0.15, 0.2) is 0 Å². The third kappa shape index (κ3) is 9.70. The highest BCUT2D eigenvalue weighted by atomic mass is 16.5. The van der Waals surface area contributed by atoms with Gasteiger partial charge in [-0.2, -0.15) is 0 Å². The minimum atomic E-state index is -0.270. The molecule has 8 nitrogen and oxygen atoms in total. The van der Waals surface area contributed by atoms with E-state index in [9.17, 15) is 19.2 Å². The molecular formula is C20H29N3O5. The van der Waals surface area contributed by atoms with E-state index in [1.54, 1.807) is 31.3 Å². The van der Waals surface area contributed by atoms with E-state index < -0.39 is 0 Å². The lowest BCUT2D eigenvalue weighted by Gasteiger charge is -2.08. The molecule has 0 saturated carbocycles. The molecule has 3 amide bonds. The summed E-state index contributed by atoms with van der Waals surface area (Å²) in [7, 11) is 2.92. The highest BCUT2D eigenvalue weighted by Gasteiger charge is 2.07. The van der Waals surface area contributed by atoms with Gasteiger partial charge in [-0.25, -0.2) is 0 Å². The number of hydrogen-bond donors (Lipinski definition) is 3. The third-order valence-electron chi connectivity index (χ3n) is 4.11. The van der Waals surface area contributed by atoms with Crippen LogP contribution < -0.4 is 16.0 Å². The lowest BCUT2D eigenvalue weighted by Crippen LogP contribution is -2.29. The van der Waals surface area contributed by atoms with Gasteiger partial charge in [-0.1, -0.05) is 12.8 Å². The first-order valence-corrected chi connectivity index (χ1v) is 9.41. The van der Waals surface area contributed by atoms with Crippen LogP contribution in [0.25, 0.3) is 0 Å². The lowest BCUT2D eigenvalue weighted by atomic mass is 10.1. The molecule has 0 atom stereocenters. The Morgan fingerprint density at radius 3 is 2.11 bits per heavy atom. The number of benzene rings is 1. The average Bonchev–Trinajstić information content (AvgIpc) is 2.70. The van der Waals surface area contributed by atoms with Crippen molar-refractivity contribution in [2.45, 2.75) is 44.9 Å². The standard InChI is InChI=1S/C20H29N3O5/c1-21-17(24)13-14-22-20(27)15-9-11-16(12-10-15)23-18(25)7-5-3-4-6-8-19(26)28-2/h9-12H,3-8,13-14H2,1-2H3,(H,21,24)(H,22,27)(H,23,25). The number of hydrogen-bond acceptors (Lipinski definition) is 5. The first kappa shape index (κ1) is 23.1. The summed E-state index contributed by atoms with van der Waals surface area (Å²) in [6.07, 6.45) is 4.30. The van der Waals surface area contributed by atoms with E-state index in [1.165, 1.54) is 7.11 Å². The van der Waals surface area contributed by atoms with E-state index in [1.807, 2.05) is 0 Å². The Morgan fingerprint density at radius 2 is 1.50 bits per heavy atom. The van der Waals surface area contributed by atoms with E-state index in [0.717, 1.165) is 25.7 Å². The molecule has 0 aromatic heterocycles. The van der Waals surface area contributed by atoms with Crippen LogP contribution in [0, 0.1) is 0 Å².